The fourth-order valence-corrected chi connectivity index (χ4v) is 4.17. The van der Waals surface area contributed by atoms with E-state index in [1.165, 1.54) is 19.3 Å². The molecule has 0 aromatic heterocycles. The molecule has 94 valence electrons. The van der Waals surface area contributed by atoms with Crippen LogP contribution < -0.4 is 0 Å². The van der Waals surface area contributed by atoms with E-state index in [0.29, 0.717) is 12.3 Å². The summed E-state index contributed by atoms with van der Waals surface area (Å²) in [5.41, 5.74) is 0. The van der Waals surface area contributed by atoms with Crippen molar-refractivity contribution in [3.63, 3.8) is 0 Å². The summed E-state index contributed by atoms with van der Waals surface area (Å²) in [6.07, 6.45) is 11.3. The Hall–Kier alpha value is -0.790. The molecule has 17 heavy (non-hydrogen) atoms. The molecular weight excluding hydrogens is 212 g/mol. The Morgan fingerprint density at radius 1 is 1.29 bits per heavy atom. The summed E-state index contributed by atoms with van der Waals surface area (Å²) in [6.45, 7) is 2.11. The Labute approximate surface area is 103 Å². The number of rotatable bonds is 4. The molecular formula is C15H22O2. The van der Waals surface area contributed by atoms with Gasteiger partial charge in [0, 0.05) is 12.3 Å². The molecule has 0 saturated heterocycles. The van der Waals surface area contributed by atoms with Crippen LogP contribution in [0.4, 0.5) is 0 Å². The zero-order valence-electron chi connectivity index (χ0n) is 10.6. The van der Waals surface area contributed by atoms with Crippen LogP contribution in [0.3, 0.4) is 0 Å². The summed E-state index contributed by atoms with van der Waals surface area (Å²) in [4.78, 5) is 11.7. The van der Waals surface area contributed by atoms with Gasteiger partial charge >= 0.3 is 5.97 Å². The first-order valence-electron chi connectivity index (χ1n) is 7.17. The molecule has 2 bridgehead atoms. The van der Waals surface area contributed by atoms with Gasteiger partial charge in [-0.15, -0.1) is 0 Å². The number of carbonyl (C=O) groups is 1. The highest BCUT2D eigenvalue weighted by Gasteiger charge is 2.52. The van der Waals surface area contributed by atoms with Gasteiger partial charge in [-0.3, -0.25) is 4.79 Å². The van der Waals surface area contributed by atoms with Gasteiger partial charge in [0.2, 0.25) is 0 Å². The maximum absolute atomic E-state index is 11.7. The Kier molecular flexibility index (Phi) is 2.97. The van der Waals surface area contributed by atoms with Crippen molar-refractivity contribution in [2.75, 3.05) is 0 Å². The number of fused-ring (bicyclic) bond motifs is 5. The molecule has 0 spiro atoms. The van der Waals surface area contributed by atoms with Crippen LogP contribution in [0, 0.1) is 23.7 Å². The summed E-state index contributed by atoms with van der Waals surface area (Å²) in [5.74, 6) is 3.06. The summed E-state index contributed by atoms with van der Waals surface area (Å²) in [6, 6.07) is 0. The zero-order valence-corrected chi connectivity index (χ0v) is 10.6. The van der Waals surface area contributed by atoms with Gasteiger partial charge in [0.05, 0.1) is 0 Å². The average molecular weight is 234 g/mol. The van der Waals surface area contributed by atoms with E-state index in [9.17, 15) is 4.79 Å². The van der Waals surface area contributed by atoms with Crippen LogP contribution >= 0.6 is 0 Å². The van der Waals surface area contributed by atoms with Crippen LogP contribution in [0.2, 0.25) is 0 Å². The van der Waals surface area contributed by atoms with Gasteiger partial charge < -0.3 is 4.74 Å². The van der Waals surface area contributed by atoms with Crippen LogP contribution in [0.5, 0.6) is 0 Å². The first-order valence-corrected chi connectivity index (χ1v) is 7.17. The maximum Gasteiger partial charge on any atom is 0.306 e. The number of allylic oxidation sites excluding steroid dienone is 1. The summed E-state index contributed by atoms with van der Waals surface area (Å²) >= 11 is 0. The predicted molar refractivity (Wildman–Crippen MR) is 66.4 cm³/mol. The number of ether oxygens (including phenoxy) is 1. The SMILES string of the molecule is CCCCC(=O)OC1C=CC2C3CCC(C3)C12. The first kappa shape index (κ1) is 11.3. The molecule has 3 aliphatic rings. The van der Waals surface area contributed by atoms with Crippen molar-refractivity contribution in [1.29, 1.82) is 0 Å². The minimum Gasteiger partial charge on any atom is -0.458 e. The standard InChI is InChI=1S/C15H22O2/c1-2-3-4-14(16)17-13-8-7-12-10-5-6-11(9-10)15(12)13/h7-8,10-13,15H,2-6,9H2,1H3. The zero-order chi connectivity index (χ0) is 11.8. The number of esters is 1. The van der Waals surface area contributed by atoms with Crippen molar-refractivity contribution in [2.24, 2.45) is 23.7 Å². The van der Waals surface area contributed by atoms with Crippen LogP contribution in [0.15, 0.2) is 12.2 Å². The quantitative estimate of drug-likeness (QED) is 0.551. The van der Waals surface area contributed by atoms with Gasteiger partial charge in [-0.25, -0.2) is 0 Å². The highest BCUT2D eigenvalue weighted by Crippen LogP contribution is 2.56. The Balaban J connectivity index is 1.59. The molecule has 2 fully saturated rings. The van der Waals surface area contributed by atoms with Crippen LogP contribution in [-0.4, -0.2) is 12.1 Å². The highest BCUT2D eigenvalue weighted by molar-refractivity contribution is 5.69. The van der Waals surface area contributed by atoms with Crippen LogP contribution in [0.1, 0.15) is 45.4 Å². The lowest BCUT2D eigenvalue weighted by atomic mass is 9.80. The number of carbonyl (C=O) groups excluding carboxylic acids is 1. The Morgan fingerprint density at radius 3 is 2.94 bits per heavy atom. The molecule has 2 heteroatoms. The topological polar surface area (TPSA) is 26.3 Å². The molecule has 0 N–H and O–H groups in total. The van der Waals surface area contributed by atoms with Crippen molar-refractivity contribution in [3.05, 3.63) is 12.2 Å². The lowest BCUT2D eigenvalue weighted by Gasteiger charge is -2.28. The fourth-order valence-electron chi connectivity index (χ4n) is 4.17. The highest BCUT2D eigenvalue weighted by atomic mass is 16.5. The molecule has 0 aromatic carbocycles. The second-order valence-electron chi connectivity index (χ2n) is 5.93. The van der Waals surface area contributed by atoms with Gasteiger partial charge in [-0.2, -0.15) is 0 Å². The van der Waals surface area contributed by atoms with E-state index in [4.69, 9.17) is 4.74 Å². The molecule has 0 aromatic rings. The van der Waals surface area contributed by atoms with E-state index < -0.39 is 0 Å². The van der Waals surface area contributed by atoms with Crippen LogP contribution in [-0.2, 0) is 9.53 Å². The Morgan fingerprint density at radius 2 is 2.12 bits per heavy atom. The first-order chi connectivity index (χ1) is 8.29. The normalized spacial score (nSPS) is 41.8. The van der Waals surface area contributed by atoms with Gasteiger partial charge in [-0.1, -0.05) is 19.4 Å². The molecule has 2 saturated carbocycles. The summed E-state index contributed by atoms with van der Waals surface area (Å²) < 4.78 is 5.65. The van der Waals surface area contributed by atoms with Gasteiger partial charge in [0.15, 0.2) is 0 Å². The van der Waals surface area contributed by atoms with E-state index in [0.717, 1.165) is 30.6 Å². The minimum atomic E-state index is 0.00456. The lowest BCUT2D eigenvalue weighted by molar-refractivity contribution is -0.150. The monoisotopic (exact) mass is 234 g/mol. The van der Waals surface area contributed by atoms with E-state index in [-0.39, 0.29) is 12.1 Å². The third kappa shape index (κ3) is 1.92. The summed E-state index contributed by atoms with van der Waals surface area (Å²) in [5, 5.41) is 0. The van der Waals surface area contributed by atoms with Gasteiger partial charge in [0.1, 0.15) is 6.10 Å². The maximum atomic E-state index is 11.7. The molecule has 0 aliphatic heterocycles. The van der Waals surface area contributed by atoms with Crippen molar-refractivity contribution in [3.8, 4) is 0 Å². The lowest BCUT2D eigenvalue weighted by Crippen LogP contribution is -2.30. The van der Waals surface area contributed by atoms with E-state index >= 15 is 0 Å². The average Bonchev–Trinajstić information content (AvgIpc) is 2.99. The van der Waals surface area contributed by atoms with Crippen molar-refractivity contribution in [2.45, 2.75) is 51.6 Å². The second-order valence-corrected chi connectivity index (χ2v) is 5.93. The van der Waals surface area contributed by atoms with E-state index in [1.54, 1.807) is 0 Å². The molecule has 5 atom stereocenters. The Bertz CT molecular complexity index is 334. The predicted octanol–water partition coefficient (Wildman–Crippen LogP) is 3.32. The third-order valence-electron chi connectivity index (χ3n) is 4.95. The van der Waals surface area contributed by atoms with Crippen molar-refractivity contribution >= 4 is 5.97 Å². The van der Waals surface area contributed by atoms with Gasteiger partial charge in [0.25, 0.3) is 0 Å². The second kappa shape index (κ2) is 4.47. The summed E-state index contributed by atoms with van der Waals surface area (Å²) in [7, 11) is 0. The molecule has 3 rings (SSSR count). The van der Waals surface area contributed by atoms with Gasteiger partial charge in [-0.05, 0) is 49.5 Å². The molecule has 3 aliphatic carbocycles. The third-order valence-corrected chi connectivity index (χ3v) is 4.95. The largest absolute Gasteiger partial charge is 0.458 e. The molecule has 0 amide bonds. The minimum absolute atomic E-state index is 0.00456. The molecule has 5 unspecified atom stereocenters. The van der Waals surface area contributed by atoms with E-state index in [1.807, 2.05) is 0 Å². The van der Waals surface area contributed by atoms with Crippen molar-refractivity contribution in [1.82, 2.24) is 0 Å². The van der Waals surface area contributed by atoms with Crippen LogP contribution in [0.25, 0.3) is 0 Å². The number of unbranched alkanes of at least 4 members (excludes halogenated alkanes) is 1. The molecule has 0 radical (unpaired) electrons. The number of hydrogen-bond acceptors (Lipinski definition) is 2. The number of hydrogen-bond donors (Lipinski definition) is 0. The molecule has 2 nitrogen and oxygen atoms in total. The van der Waals surface area contributed by atoms with E-state index in [2.05, 4.69) is 19.1 Å². The molecule has 0 heterocycles. The fraction of sp³-hybridized carbons (Fsp3) is 0.800. The van der Waals surface area contributed by atoms with Crippen molar-refractivity contribution < 1.29 is 9.53 Å². The smallest absolute Gasteiger partial charge is 0.306 e.